The lowest BCUT2D eigenvalue weighted by molar-refractivity contribution is 0.232. The van der Waals surface area contributed by atoms with Gasteiger partial charge in [0.2, 0.25) is 0 Å². The van der Waals surface area contributed by atoms with E-state index in [1.807, 2.05) is 4.68 Å². The first-order valence-electron chi connectivity index (χ1n) is 6.40. The first-order valence-corrected chi connectivity index (χ1v) is 7.19. The largest absolute Gasteiger partial charge is 0.282 e. The maximum absolute atomic E-state index is 8.88. The summed E-state index contributed by atoms with van der Waals surface area (Å²) >= 11 is 3.64. The topological polar surface area (TPSA) is 44.9 Å². The van der Waals surface area contributed by atoms with Crippen molar-refractivity contribution in [3.63, 3.8) is 0 Å². The number of hydrogen-bond donors (Lipinski definition) is 0. The second-order valence-electron chi connectivity index (χ2n) is 4.53. The molecule has 1 rings (SSSR count). The zero-order valence-corrected chi connectivity index (χ0v) is 13.2. The zero-order valence-electron chi connectivity index (χ0n) is 11.6. The fraction of sp³-hybridized carbons (Fsp3) is 0.692. The van der Waals surface area contributed by atoms with Gasteiger partial charge in [0.25, 0.3) is 0 Å². The van der Waals surface area contributed by atoms with Gasteiger partial charge in [0, 0.05) is 19.1 Å². The minimum atomic E-state index is 0.349. The summed E-state index contributed by atoms with van der Waals surface area (Å²) in [7, 11) is 0. The van der Waals surface area contributed by atoms with Crippen LogP contribution in [-0.2, 0) is 19.5 Å². The normalized spacial score (nSPS) is 11.2. The molecule has 0 fully saturated rings. The predicted molar refractivity (Wildman–Crippen MR) is 76.1 cm³/mol. The summed E-state index contributed by atoms with van der Waals surface area (Å²) in [5.41, 5.74) is 2.26. The Bertz CT molecular complexity index is 431. The fourth-order valence-corrected chi connectivity index (χ4v) is 2.56. The summed E-state index contributed by atoms with van der Waals surface area (Å²) in [6, 6.07) is 2.58. The van der Waals surface area contributed by atoms with Gasteiger partial charge in [-0.25, -0.2) is 0 Å². The van der Waals surface area contributed by atoms with Crippen molar-refractivity contribution in [3.05, 3.63) is 15.9 Å². The van der Waals surface area contributed by atoms with Crippen molar-refractivity contribution in [1.82, 2.24) is 14.7 Å². The van der Waals surface area contributed by atoms with E-state index in [-0.39, 0.29) is 0 Å². The van der Waals surface area contributed by atoms with E-state index in [0.717, 1.165) is 29.7 Å². The average molecular weight is 313 g/mol. The third-order valence-electron chi connectivity index (χ3n) is 3.05. The number of nitriles is 1. The molecule has 0 N–H and O–H groups in total. The average Bonchev–Trinajstić information content (AvgIpc) is 2.65. The number of aryl methyl sites for hydroxylation is 2. The van der Waals surface area contributed by atoms with Crippen LogP contribution in [0.1, 0.15) is 39.1 Å². The van der Waals surface area contributed by atoms with Gasteiger partial charge in [-0.05, 0) is 43.1 Å². The van der Waals surface area contributed by atoms with Crippen molar-refractivity contribution in [3.8, 4) is 6.07 Å². The molecule has 100 valence electrons. The molecule has 0 saturated heterocycles. The standard InChI is InChI=1S/C13H21BrN4/c1-5-11-13(14)12(18(6-2)16-11)9-17(8-7-15)10(3)4/h10H,5-6,8-9H2,1-4H3. The molecule has 18 heavy (non-hydrogen) atoms. The van der Waals surface area contributed by atoms with Gasteiger partial charge in [-0.2, -0.15) is 10.4 Å². The smallest absolute Gasteiger partial charge is 0.0871 e. The molecule has 0 spiro atoms. The summed E-state index contributed by atoms with van der Waals surface area (Å²) in [5.74, 6) is 0. The molecule has 0 unspecified atom stereocenters. The maximum atomic E-state index is 8.88. The van der Waals surface area contributed by atoms with Crippen LogP contribution < -0.4 is 0 Å². The Morgan fingerprint density at radius 2 is 2.11 bits per heavy atom. The van der Waals surface area contributed by atoms with E-state index in [1.54, 1.807) is 0 Å². The Labute approximate surface area is 118 Å². The van der Waals surface area contributed by atoms with Crippen LogP contribution in [0.2, 0.25) is 0 Å². The van der Waals surface area contributed by atoms with Crippen molar-refractivity contribution in [2.75, 3.05) is 6.54 Å². The van der Waals surface area contributed by atoms with Crippen molar-refractivity contribution < 1.29 is 0 Å². The Balaban J connectivity index is 3.01. The molecule has 0 bridgehead atoms. The number of hydrogen-bond acceptors (Lipinski definition) is 3. The molecular formula is C13H21BrN4. The summed E-state index contributed by atoms with van der Waals surface area (Å²) in [6.45, 7) is 10.5. The molecule has 1 aromatic rings. The van der Waals surface area contributed by atoms with E-state index >= 15 is 0 Å². The molecule has 0 aliphatic rings. The summed E-state index contributed by atoms with van der Waals surface area (Å²) in [4.78, 5) is 2.15. The number of rotatable bonds is 6. The lowest BCUT2D eigenvalue weighted by Gasteiger charge is -2.23. The molecule has 0 aliphatic carbocycles. The highest BCUT2D eigenvalue weighted by molar-refractivity contribution is 9.10. The van der Waals surface area contributed by atoms with Crippen molar-refractivity contribution in [1.29, 1.82) is 5.26 Å². The number of halogens is 1. The van der Waals surface area contributed by atoms with Gasteiger partial charge in [-0.1, -0.05) is 6.92 Å². The van der Waals surface area contributed by atoms with E-state index in [9.17, 15) is 0 Å². The minimum absolute atomic E-state index is 0.349. The Hall–Kier alpha value is -0.860. The molecule has 0 radical (unpaired) electrons. The zero-order chi connectivity index (χ0) is 13.7. The van der Waals surface area contributed by atoms with Gasteiger partial charge in [0.05, 0.1) is 28.5 Å². The maximum Gasteiger partial charge on any atom is 0.0871 e. The molecule has 4 nitrogen and oxygen atoms in total. The third-order valence-corrected chi connectivity index (χ3v) is 3.97. The fourth-order valence-electron chi connectivity index (χ4n) is 1.87. The van der Waals surface area contributed by atoms with Crippen molar-refractivity contribution in [2.45, 2.75) is 53.2 Å². The predicted octanol–water partition coefficient (Wildman–Crippen LogP) is 2.96. The Kier molecular flexibility index (Phi) is 5.83. The van der Waals surface area contributed by atoms with Crippen molar-refractivity contribution in [2.24, 2.45) is 0 Å². The summed E-state index contributed by atoms with van der Waals surface area (Å²) in [5, 5.41) is 13.5. The quantitative estimate of drug-likeness (QED) is 0.759. The van der Waals surface area contributed by atoms with Gasteiger partial charge in [0.15, 0.2) is 0 Å². The van der Waals surface area contributed by atoms with Crippen LogP contribution in [0.15, 0.2) is 4.47 Å². The second-order valence-corrected chi connectivity index (χ2v) is 5.33. The second kappa shape index (κ2) is 6.91. The highest BCUT2D eigenvalue weighted by Gasteiger charge is 2.18. The van der Waals surface area contributed by atoms with E-state index in [2.05, 4.69) is 59.7 Å². The van der Waals surface area contributed by atoms with Crippen LogP contribution in [0, 0.1) is 11.3 Å². The number of aromatic nitrogens is 2. The van der Waals surface area contributed by atoms with Gasteiger partial charge < -0.3 is 0 Å². The molecular weight excluding hydrogens is 292 g/mol. The Morgan fingerprint density at radius 1 is 1.44 bits per heavy atom. The molecule has 0 amide bonds. The van der Waals surface area contributed by atoms with E-state index in [0.29, 0.717) is 12.6 Å². The SMILES string of the molecule is CCc1nn(CC)c(CN(CC#N)C(C)C)c1Br. The molecule has 0 saturated carbocycles. The minimum Gasteiger partial charge on any atom is -0.282 e. The molecule has 0 atom stereocenters. The molecule has 1 heterocycles. The van der Waals surface area contributed by atoms with E-state index in [1.165, 1.54) is 5.69 Å². The lowest BCUT2D eigenvalue weighted by Crippen LogP contribution is -2.31. The summed E-state index contributed by atoms with van der Waals surface area (Å²) < 4.78 is 3.12. The van der Waals surface area contributed by atoms with Crippen molar-refractivity contribution >= 4 is 15.9 Å². The lowest BCUT2D eigenvalue weighted by atomic mass is 10.2. The van der Waals surface area contributed by atoms with E-state index < -0.39 is 0 Å². The van der Waals surface area contributed by atoms with E-state index in [4.69, 9.17) is 5.26 Å². The molecule has 0 aromatic carbocycles. The van der Waals surface area contributed by atoms with Crippen LogP contribution >= 0.6 is 15.9 Å². The first kappa shape index (κ1) is 15.2. The number of nitrogens with zero attached hydrogens (tertiary/aromatic N) is 4. The van der Waals surface area contributed by atoms with Crippen LogP contribution in [0.3, 0.4) is 0 Å². The highest BCUT2D eigenvalue weighted by atomic mass is 79.9. The third kappa shape index (κ3) is 3.33. The van der Waals surface area contributed by atoms with Gasteiger partial charge in [0.1, 0.15) is 0 Å². The summed E-state index contributed by atoms with van der Waals surface area (Å²) in [6.07, 6.45) is 0.917. The first-order chi connectivity index (χ1) is 8.54. The van der Waals surface area contributed by atoms with Crippen LogP contribution in [-0.4, -0.2) is 27.3 Å². The van der Waals surface area contributed by atoms with Crippen LogP contribution in [0.5, 0.6) is 0 Å². The Morgan fingerprint density at radius 3 is 2.56 bits per heavy atom. The van der Waals surface area contributed by atoms with Gasteiger partial charge in [-0.15, -0.1) is 0 Å². The molecule has 1 aromatic heterocycles. The van der Waals surface area contributed by atoms with Crippen LogP contribution in [0.4, 0.5) is 0 Å². The highest BCUT2D eigenvalue weighted by Crippen LogP contribution is 2.24. The van der Waals surface area contributed by atoms with Crippen LogP contribution in [0.25, 0.3) is 0 Å². The molecule has 0 aliphatic heterocycles. The monoisotopic (exact) mass is 312 g/mol. The van der Waals surface area contributed by atoms with Gasteiger partial charge >= 0.3 is 0 Å². The van der Waals surface area contributed by atoms with Gasteiger partial charge in [-0.3, -0.25) is 9.58 Å². The molecule has 5 heteroatoms.